The first-order valence-electron chi connectivity index (χ1n) is 4.30. The quantitative estimate of drug-likeness (QED) is 0.606. The molecule has 0 aliphatic carbocycles. The maximum absolute atomic E-state index is 12.2. The van der Waals surface area contributed by atoms with Gasteiger partial charge in [0.1, 0.15) is 5.56 Å². The molecule has 0 fully saturated rings. The third kappa shape index (κ3) is 2.85. The molecule has 0 saturated carbocycles. The molecular formula is C10H10F2O3S. The second-order valence-corrected chi connectivity index (χ2v) is 3.56. The highest BCUT2D eigenvalue weighted by molar-refractivity contribution is 7.98. The van der Waals surface area contributed by atoms with Crippen molar-refractivity contribution in [2.75, 3.05) is 13.4 Å². The standard InChI is InChI=1S/C10H10F2O3S/c1-14-9(13)6-4-3-5-7(16-2)8(6)15-10(11)12/h3-5,10H,1-2H3. The SMILES string of the molecule is COC(=O)c1cccc(SC)c1OC(F)F. The number of carbonyl (C=O) groups excluding carboxylic acids is 1. The van der Waals surface area contributed by atoms with Gasteiger partial charge in [0.25, 0.3) is 0 Å². The van der Waals surface area contributed by atoms with E-state index < -0.39 is 12.6 Å². The maximum Gasteiger partial charge on any atom is 0.387 e. The number of rotatable bonds is 4. The van der Waals surface area contributed by atoms with Crippen molar-refractivity contribution in [3.63, 3.8) is 0 Å². The molecule has 0 aromatic heterocycles. The first-order valence-corrected chi connectivity index (χ1v) is 5.52. The predicted octanol–water partition coefficient (Wildman–Crippen LogP) is 2.80. The number of thioether (sulfide) groups is 1. The molecule has 1 rings (SSSR count). The number of hydrogen-bond donors (Lipinski definition) is 0. The molecule has 1 aromatic carbocycles. The topological polar surface area (TPSA) is 35.5 Å². The van der Waals surface area contributed by atoms with E-state index in [0.717, 1.165) is 0 Å². The smallest absolute Gasteiger partial charge is 0.387 e. The lowest BCUT2D eigenvalue weighted by Crippen LogP contribution is -2.10. The molecule has 1 aromatic rings. The Balaban J connectivity index is 3.20. The van der Waals surface area contributed by atoms with Gasteiger partial charge >= 0.3 is 12.6 Å². The van der Waals surface area contributed by atoms with E-state index in [0.29, 0.717) is 4.90 Å². The zero-order chi connectivity index (χ0) is 12.1. The van der Waals surface area contributed by atoms with Gasteiger partial charge in [-0.2, -0.15) is 8.78 Å². The van der Waals surface area contributed by atoms with Crippen molar-refractivity contribution in [3.05, 3.63) is 23.8 Å². The Labute approximate surface area is 95.7 Å². The lowest BCUT2D eigenvalue weighted by atomic mass is 10.2. The van der Waals surface area contributed by atoms with Crippen LogP contribution in [0.5, 0.6) is 5.75 Å². The summed E-state index contributed by atoms with van der Waals surface area (Å²) < 4.78 is 33.2. The monoisotopic (exact) mass is 248 g/mol. The maximum atomic E-state index is 12.2. The fourth-order valence-corrected chi connectivity index (χ4v) is 1.72. The molecule has 0 amide bonds. The molecule has 0 N–H and O–H groups in total. The fraction of sp³-hybridized carbons (Fsp3) is 0.300. The van der Waals surface area contributed by atoms with Crippen LogP contribution in [0.15, 0.2) is 23.1 Å². The minimum atomic E-state index is -2.98. The average molecular weight is 248 g/mol. The van der Waals surface area contributed by atoms with E-state index in [1.807, 2.05) is 0 Å². The van der Waals surface area contributed by atoms with Crippen LogP contribution in [0.2, 0.25) is 0 Å². The van der Waals surface area contributed by atoms with E-state index in [9.17, 15) is 13.6 Å². The highest BCUT2D eigenvalue weighted by Crippen LogP contribution is 2.32. The molecule has 3 nitrogen and oxygen atoms in total. The zero-order valence-electron chi connectivity index (χ0n) is 8.70. The molecule has 0 aliphatic heterocycles. The molecule has 0 radical (unpaired) electrons. The molecule has 0 unspecified atom stereocenters. The lowest BCUT2D eigenvalue weighted by Gasteiger charge is -2.12. The van der Waals surface area contributed by atoms with E-state index in [4.69, 9.17) is 0 Å². The molecule has 0 spiro atoms. The number of benzene rings is 1. The van der Waals surface area contributed by atoms with Crippen molar-refractivity contribution in [2.24, 2.45) is 0 Å². The first-order chi connectivity index (χ1) is 7.60. The van der Waals surface area contributed by atoms with Gasteiger partial charge in [-0.05, 0) is 18.4 Å². The van der Waals surface area contributed by atoms with Crippen molar-refractivity contribution >= 4 is 17.7 Å². The summed E-state index contributed by atoms with van der Waals surface area (Å²) in [4.78, 5) is 11.8. The van der Waals surface area contributed by atoms with Crippen LogP contribution < -0.4 is 4.74 Å². The van der Waals surface area contributed by atoms with E-state index in [1.165, 1.54) is 24.9 Å². The molecule has 6 heteroatoms. The molecule has 0 heterocycles. The van der Waals surface area contributed by atoms with Gasteiger partial charge < -0.3 is 9.47 Å². The Kier molecular flexibility index (Phi) is 4.54. The summed E-state index contributed by atoms with van der Waals surface area (Å²) in [5.41, 5.74) is -0.00495. The summed E-state index contributed by atoms with van der Waals surface area (Å²) in [6.07, 6.45) is 1.70. The van der Waals surface area contributed by atoms with Gasteiger partial charge in [0.2, 0.25) is 0 Å². The number of methoxy groups -OCH3 is 1. The molecule has 0 atom stereocenters. The summed E-state index contributed by atoms with van der Waals surface area (Å²) in [6.45, 7) is -2.98. The Bertz CT molecular complexity index is 382. The van der Waals surface area contributed by atoms with Crippen LogP contribution in [0.4, 0.5) is 8.78 Å². The summed E-state index contributed by atoms with van der Waals surface area (Å²) in [5.74, 6) is -0.844. The van der Waals surface area contributed by atoms with Crippen LogP contribution in [0.3, 0.4) is 0 Å². The highest BCUT2D eigenvalue weighted by Gasteiger charge is 2.19. The minimum Gasteiger partial charge on any atom is -0.465 e. The summed E-state index contributed by atoms with van der Waals surface area (Å²) in [7, 11) is 1.18. The third-order valence-electron chi connectivity index (χ3n) is 1.81. The van der Waals surface area contributed by atoms with E-state index in [-0.39, 0.29) is 11.3 Å². The average Bonchev–Trinajstić information content (AvgIpc) is 2.27. The van der Waals surface area contributed by atoms with Crippen LogP contribution in [0, 0.1) is 0 Å². The number of esters is 1. The van der Waals surface area contributed by atoms with E-state index in [2.05, 4.69) is 9.47 Å². The molecule has 88 valence electrons. The van der Waals surface area contributed by atoms with Gasteiger partial charge in [-0.25, -0.2) is 4.79 Å². The van der Waals surface area contributed by atoms with Gasteiger partial charge in [0.15, 0.2) is 5.75 Å². The van der Waals surface area contributed by atoms with Gasteiger partial charge in [0.05, 0.1) is 12.0 Å². The van der Waals surface area contributed by atoms with Crippen molar-refractivity contribution in [1.82, 2.24) is 0 Å². The second-order valence-electron chi connectivity index (χ2n) is 2.71. The van der Waals surface area contributed by atoms with Crippen LogP contribution in [0.1, 0.15) is 10.4 Å². The summed E-state index contributed by atoms with van der Waals surface area (Å²) >= 11 is 1.21. The molecule has 16 heavy (non-hydrogen) atoms. The normalized spacial score (nSPS) is 10.3. The zero-order valence-corrected chi connectivity index (χ0v) is 9.51. The van der Waals surface area contributed by atoms with Crippen molar-refractivity contribution in [3.8, 4) is 5.75 Å². The van der Waals surface area contributed by atoms with Gasteiger partial charge in [-0.1, -0.05) is 6.07 Å². The first kappa shape index (κ1) is 12.8. The molecule has 0 saturated heterocycles. The van der Waals surface area contributed by atoms with Crippen molar-refractivity contribution in [1.29, 1.82) is 0 Å². The van der Waals surface area contributed by atoms with Crippen LogP contribution in [-0.2, 0) is 4.74 Å². The lowest BCUT2D eigenvalue weighted by molar-refractivity contribution is -0.0522. The number of carbonyl (C=O) groups is 1. The predicted molar refractivity (Wildman–Crippen MR) is 56.2 cm³/mol. The molecular weight excluding hydrogens is 238 g/mol. The van der Waals surface area contributed by atoms with Crippen molar-refractivity contribution < 1.29 is 23.0 Å². The van der Waals surface area contributed by atoms with Crippen LogP contribution in [-0.4, -0.2) is 25.9 Å². The van der Waals surface area contributed by atoms with Gasteiger partial charge in [-0.15, -0.1) is 11.8 Å². The largest absolute Gasteiger partial charge is 0.465 e. The Morgan fingerprint density at radius 1 is 1.44 bits per heavy atom. The molecule has 0 aliphatic rings. The Morgan fingerprint density at radius 2 is 2.12 bits per heavy atom. The minimum absolute atomic E-state index is 0.00495. The number of alkyl halides is 2. The highest BCUT2D eigenvalue weighted by atomic mass is 32.2. The fourth-order valence-electron chi connectivity index (χ4n) is 1.16. The van der Waals surface area contributed by atoms with Gasteiger partial charge in [-0.3, -0.25) is 0 Å². The summed E-state index contributed by atoms with van der Waals surface area (Å²) in [6, 6.07) is 4.55. The van der Waals surface area contributed by atoms with Crippen molar-refractivity contribution in [2.45, 2.75) is 11.5 Å². The van der Waals surface area contributed by atoms with Crippen LogP contribution >= 0.6 is 11.8 Å². The Morgan fingerprint density at radius 3 is 2.62 bits per heavy atom. The summed E-state index contributed by atoms with van der Waals surface area (Å²) in [5, 5.41) is 0. The van der Waals surface area contributed by atoms with E-state index in [1.54, 1.807) is 18.4 Å². The molecule has 0 bridgehead atoms. The van der Waals surface area contributed by atoms with E-state index >= 15 is 0 Å². The third-order valence-corrected chi connectivity index (χ3v) is 2.57. The Hall–Kier alpha value is -1.30. The number of ether oxygens (including phenoxy) is 2. The second kappa shape index (κ2) is 5.69. The number of hydrogen-bond acceptors (Lipinski definition) is 4. The number of para-hydroxylation sites is 1. The van der Waals surface area contributed by atoms with Crippen LogP contribution in [0.25, 0.3) is 0 Å². The van der Waals surface area contributed by atoms with Gasteiger partial charge in [0, 0.05) is 0 Å². The number of halogens is 2.